The summed E-state index contributed by atoms with van der Waals surface area (Å²) < 4.78 is 1.16. The Morgan fingerprint density at radius 2 is 1.89 bits per heavy atom. The second-order valence-electron chi connectivity index (χ2n) is 6.26. The second-order valence-corrected chi connectivity index (χ2v) is 7.70. The van der Waals surface area contributed by atoms with Gasteiger partial charge in [-0.15, -0.1) is 11.3 Å². The summed E-state index contributed by atoms with van der Waals surface area (Å²) in [5.74, 6) is 0. The van der Waals surface area contributed by atoms with Crippen LogP contribution in [-0.4, -0.2) is 16.1 Å². The van der Waals surface area contributed by atoms with Crippen LogP contribution in [0.15, 0.2) is 65.7 Å². The zero-order chi connectivity index (χ0) is 19.7. The van der Waals surface area contributed by atoms with E-state index in [1.165, 1.54) is 17.7 Å². The number of aromatic nitrogens is 1. The van der Waals surface area contributed by atoms with Crippen LogP contribution >= 0.6 is 22.9 Å². The Balaban J connectivity index is 1.57. The molecule has 0 aliphatic carbocycles. The molecule has 4 rings (SSSR count). The molecule has 4 aromatic rings. The molecular formula is C21H14ClN3O2S. The first-order chi connectivity index (χ1) is 13.5. The van der Waals surface area contributed by atoms with Gasteiger partial charge in [0.05, 0.1) is 20.8 Å². The molecule has 0 amide bonds. The first-order valence-corrected chi connectivity index (χ1v) is 9.65. The van der Waals surface area contributed by atoms with Crippen LogP contribution in [0.25, 0.3) is 20.8 Å². The molecule has 28 heavy (non-hydrogen) atoms. The predicted octanol–water partition coefficient (Wildman–Crippen LogP) is 6.58. The van der Waals surface area contributed by atoms with Gasteiger partial charge in [-0.1, -0.05) is 23.7 Å². The van der Waals surface area contributed by atoms with E-state index >= 15 is 0 Å². The predicted molar refractivity (Wildman–Crippen MR) is 115 cm³/mol. The summed E-state index contributed by atoms with van der Waals surface area (Å²) in [6, 6.07) is 18.6. The molecule has 0 radical (unpaired) electrons. The Kier molecular flexibility index (Phi) is 4.90. The van der Waals surface area contributed by atoms with Gasteiger partial charge in [0, 0.05) is 17.8 Å². The van der Waals surface area contributed by atoms with E-state index in [4.69, 9.17) is 16.6 Å². The maximum absolute atomic E-state index is 11.0. The van der Waals surface area contributed by atoms with E-state index in [1.807, 2.05) is 24.3 Å². The normalized spacial score (nSPS) is 11.4. The Bertz CT molecular complexity index is 1220. The van der Waals surface area contributed by atoms with E-state index < -0.39 is 4.92 Å². The number of fused-ring (bicyclic) bond motifs is 1. The van der Waals surface area contributed by atoms with Crippen LogP contribution in [0.2, 0.25) is 5.02 Å². The van der Waals surface area contributed by atoms with E-state index in [9.17, 15) is 10.1 Å². The lowest BCUT2D eigenvalue weighted by Gasteiger charge is -1.99. The maximum Gasteiger partial charge on any atom is 0.288 e. The summed E-state index contributed by atoms with van der Waals surface area (Å²) in [7, 11) is 0. The van der Waals surface area contributed by atoms with E-state index in [0.29, 0.717) is 5.56 Å². The molecule has 138 valence electrons. The van der Waals surface area contributed by atoms with Gasteiger partial charge in [-0.2, -0.15) is 0 Å². The molecule has 0 spiro atoms. The molecule has 3 aromatic carbocycles. The number of nitrogens with zero attached hydrogens (tertiary/aromatic N) is 3. The largest absolute Gasteiger partial charge is 0.288 e. The third kappa shape index (κ3) is 3.78. The number of halogens is 1. The zero-order valence-electron chi connectivity index (χ0n) is 14.8. The lowest BCUT2D eigenvalue weighted by atomic mass is 10.2. The van der Waals surface area contributed by atoms with Crippen molar-refractivity contribution in [1.82, 2.24) is 4.98 Å². The molecule has 0 saturated carbocycles. The fourth-order valence-corrected chi connectivity index (χ4v) is 3.89. The van der Waals surface area contributed by atoms with E-state index in [-0.39, 0.29) is 10.7 Å². The zero-order valence-corrected chi connectivity index (χ0v) is 16.4. The van der Waals surface area contributed by atoms with Gasteiger partial charge in [-0.3, -0.25) is 15.1 Å². The van der Waals surface area contributed by atoms with Gasteiger partial charge in [0.1, 0.15) is 10.0 Å². The third-order valence-electron chi connectivity index (χ3n) is 4.19. The van der Waals surface area contributed by atoms with Crippen LogP contribution in [0.4, 0.5) is 11.4 Å². The van der Waals surface area contributed by atoms with Crippen molar-refractivity contribution in [1.29, 1.82) is 0 Å². The monoisotopic (exact) mass is 407 g/mol. The minimum Gasteiger partial charge on any atom is -0.258 e. The van der Waals surface area contributed by atoms with Crippen molar-refractivity contribution in [3.63, 3.8) is 0 Å². The number of rotatable bonds is 4. The van der Waals surface area contributed by atoms with Crippen LogP contribution in [0.1, 0.15) is 11.1 Å². The van der Waals surface area contributed by atoms with Gasteiger partial charge in [-0.25, -0.2) is 4.98 Å². The first-order valence-electron chi connectivity index (χ1n) is 8.45. The summed E-state index contributed by atoms with van der Waals surface area (Å²) in [6.45, 7) is 2.06. The molecule has 0 atom stereocenters. The number of thiazole rings is 1. The Morgan fingerprint density at radius 3 is 2.64 bits per heavy atom. The van der Waals surface area contributed by atoms with Gasteiger partial charge >= 0.3 is 0 Å². The summed E-state index contributed by atoms with van der Waals surface area (Å²) in [4.78, 5) is 19.6. The minimum atomic E-state index is -0.506. The smallest absolute Gasteiger partial charge is 0.258 e. The standard InChI is InChI=1S/C21H14ClN3O2S/c1-13-2-9-20-18(10-13)24-21(28-20)15-4-6-16(7-5-15)23-12-14-3-8-17(22)19(11-14)25(26)27/h2-12H,1H3. The lowest BCUT2D eigenvalue weighted by Crippen LogP contribution is -1.91. The summed E-state index contributed by atoms with van der Waals surface area (Å²) in [5.41, 5.74) is 4.45. The Morgan fingerprint density at radius 1 is 1.11 bits per heavy atom. The molecule has 0 aliphatic rings. The topological polar surface area (TPSA) is 68.4 Å². The molecule has 7 heteroatoms. The van der Waals surface area contributed by atoms with Crippen LogP contribution in [-0.2, 0) is 0 Å². The van der Waals surface area contributed by atoms with Crippen molar-refractivity contribution in [2.24, 2.45) is 4.99 Å². The van der Waals surface area contributed by atoms with E-state index in [2.05, 4.69) is 30.1 Å². The average Bonchev–Trinajstić information content (AvgIpc) is 3.10. The second kappa shape index (κ2) is 7.50. The molecule has 0 aliphatic heterocycles. The minimum absolute atomic E-state index is 0.109. The molecular weight excluding hydrogens is 394 g/mol. The third-order valence-corrected chi connectivity index (χ3v) is 5.59. The number of aryl methyl sites for hydroxylation is 1. The van der Waals surface area contributed by atoms with Gasteiger partial charge in [-0.05, 0) is 60.5 Å². The average molecular weight is 408 g/mol. The highest BCUT2D eigenvalue weighted by Gasteiger charge is 2.12. The van der Waals surface area contributed by atoms with Gasteiger partial charge < -0.3 is 0 Å². The number of nitro benzene ring substituents is 1. The lowest BCUT2D eigenvalue weighted by molar-refractivity contribution is -0.384. The fraction of sp³-hybridized carbons (Fsp3) is 0.0476. The van der Waals surface area contributed by atoms with Gasteiger partial charge in [0.25, 0.3) is 5.69 Å². The van der Waals surface area contributed by atoms with Crippen molar-refractivity contribution < 1.29 is 4.92 Å². The summed E-state index contributed by atoms with van der Waals surface area (Å²) in [6.07, 6.45) is 1.58. The SMILES string of the molecule is Cc1ccc2sc(-c3ccc(N=Cc4ccc(Cl)c([N+](=O)[O-])c4)cc3)nc2c1. The number of nitro groups is 1. The highest BCUT2D eigenvalue weighted by atomic mass is 35.5. The summed E-state index contributed by atoms with van der Waals surface area (Å²) >= 11 is 7.49. The van der Waals surface area contributed by atoms with Crippen molar-refractivity contribution in [3.05, 3.63) is 86.9 Å². The number of hydrogen-bond acceptors (Lipinski definition) is 5. The fourth-order valence-electron chi connectivity index (χ4n) is 2.75. The number of benzene rings is 3. The highest BCUT2D eigenvalue weighted by molar-refractivity contribution is 7.21. The van der Waals surface area contributed by atoms with Crippen molar-refractivity contribution in [3.8, 4) is 10.6 Å². The van der Waals surface area contributed by atoms with Crippen molar-refractivity contribution in [2.45, 2.75) is 6.92 Å². The summed E-state index contributed by atoms with van der Waals surface area (Å²) in [5, 5.41) is 12.0. The molecule has 0 bridgehead atoms. The molecule has 5 nitrogen and oxygen atoms in total. The maximum atomic E-state index is 11.0. The van der Waals surface area contributed by atoms with Crippen molar-refractivity contribution in [2.75, 3.05) is 0 Å². The van der Waals surface area contributed by atoms with E-state index in [0.717, 1.165) is 26.5 Å². The number of hydrogen-bond donors (Lipinski definition) is 0. The first kappa shape index (κ1) is 18.3. The van der Waals surface area contributed by atoms with Crippen LogP contribution in [0.5, 0.6) is 0 Å². The van der Waals surface area contributed by atoms with Crippen molar-refractivity contribution >= 4 is 50.7 Å². The van der Waals surface area contributed by atoms with E-state index in [1.54, 1.807) is 23.6 Å². The molecule has 0 N–H and O–H groups in total. The Labute approximate surface area is 170 Å². The molecule has 0 saturated heterocycles. The van der Waals surface area contributed by atoms with Gasteiger partial charge in [0.15, 0.2) is 0 Å². The van der Waals surface area contributed by atoms with Crippen LogP contribution < -0.4 is 0 Å². The van der Waals surface area contributed by atoms with Crippen LogP contribution in [0.3, 0.4) is 0 Å². The molecule has 0 unspecified atom stereocenters. The molecule has 0 fully saturated rings. The van der Waals surface area contributed by atoms with Gasteiger partial charge in [0.2, 0.25) is 0 Å². The molecule has 1 aromatic heterocycles. The number of aliphatic imine (C=N–C) groups is 1. The highest BCUT2D eigenvalue weighted by Crippen LogP contribution is 2.31. The van der Waals surface area contributed by atoms with Crippen LogP contribution in [0, 0.1) is 17.0 Å². The quantitative estimate of drug-likeness (QED) is 0.218. The Hall–Kier alpha value is -3.09. The molecule has 1 heterocycles.